The minimum absolute atomic E-state index is 0.250. The molecule has 0 saturated heterocycles. The Balaban J connectivity index is 2.02. The van der Waals surface area contributed by atoms with Crippen molar-refractivity contribution in [3.8, 4) is 11.5 Å². The van der Waals surface area contributed by atoms with Crippen molar-refractivity contribution >= 4 is 16.7 Å². The van der Waals surface area contributed by atoms with Gasteiger partial charge in [0.1, 0.15) is 17.3 Å². The Hall–Kier alpha value is -3.10. The lowest BCUT2D eigenvalue weighted by Crippen LogP contribution is -2.14. The van der Waals surface area contributed by atoms with E-state index in [1.54, 1.807) is 26.0 Å². The number of nitrogens with zero attached hydrogens (tertiary/aromatic N) is 3. The van der Waals surface area contributed by atoms with Crippen LogP contribution in [0, 0.1) is 6.92 Å². The number of aromatic nitrogens is 3. The van der Waals surface area contributed by atoms with E-state index in [9.17, 15) is 13.2 Å². The second kappa shape index (κ2) is 7.49. The molecule has 1 atom stereocenters. The Kier molecular flexibility index (Phi) is 5.26. The number of rotatable bonds is 5. The molecule has 0 aliphatic carbocycles. The minimum Gasteiger partial charge on any atom is -0.493 e. The van der Waals surface area contributed by atoms with Crippen LogP contribution in [-0.2, 0) is 6.18 Å². The van der Waals surface area contributed by atoms with Gasteiger partial charge in [-0.15, -0.1) is 0 Å². The number of halogens is 3. The van der Waals surface area contributed by atoms with Crippen molar-refractivity contribution in [1.29, 1.82) is 0 Å². The summed E-state index contributed by atoms with van der Waals surface area (Å²) in [5.41, 5.74) is -0.0645. The van der Waals surface area contributed by atoms with Gasteiger partial charge in [0.25, 0.3) is 0 Å². The van der Waals surface area contributed by atoms with Gasteiger partial charge >= 0.3 is 6.18 Å². The van der Waals surface area contributed by atoms with Gasteiger partial charge < -0.3 is 14.8 Å². The lowest BCUT2D eigenvalue weighted by Gasteiger charge is -2.18. The molecule has 148 valence electrons. The summed E-state index contributed by atoms with van der Waals surface area (Å²) in [5, 5.41) is 3.79. The van der Waals surface area contributed by atoms with Gasteiger partial charge in [0.15, 0.2) is 11.5 Å². The zero-order valence-corrected chi connectivity index (χ0v) is 15.8. The summed E-state index contributed by atoms with van der Waals surface area (Å²) in [6.45, 7) is 3.45. The number of ether oxygens (including phenoxy) is 2. The van der Waals surface area contributed by atoms with Crippen LogP contribution in [0.5, 0.6) is 11.5 Å². The van der Waals surface area contributed by atoms with E-state index in [2.05, 4.69) is 20.3 Å². The molecule has 2 aromatic heterocycles. The number of nitrogens with one attached hydrogen (secondary N) is 1. The third kappa shape index (κ3) is 3.92. The number of benzene rings is 1. The van der Waals surface area contributed by atoms with E-state index in [4.69, 9.17) is 9.47 Å². The van der Waals surface area contributed by atoms with Gasteiger partial charge in [-0.25, -0.2) is 15.0 Å². The first kappa shape index (κ1) is 19.7. The molecule has 0 radical (unpaired) electrons. The van der Waals surface area contributed by atoms with Gasteiger partial charge in [0.2, 0.25) is 0 Å². The number of fused-ring (bicyclic) bond motifs is 1. The lowest BCUT2D eigenvalue weighted by molar-refractivity contribution is -0.141. The van der Waals surface area contributed by atoms with Crippen LogP contribution in [0.4, 0.5) is 19.0 Å². The molecule has 0 spiro atoms. The van der Waals surface area contributed by atoms with Crippen LogP contribution in [-0.4, -0.2) is 29.2 Å². The van der Waals surface area contributed by atoms with E-state index in [0.29, 0.717) is 34.0 Å². The number of pyridine rings is 1. The molecule has 6 nitrogen and oxygen atoms in total. The maximum Gasteiger partial charge on any atom is 0.433 e. The molecule has 0 amide bonds. The number of anilines is 1. The zero-order valence-electron chi connectivity index (χ0n) is 15.8. The molecule has 0 unspecified atom stereocenters. The Morgan fingerprint density at radius 2 is 1.68 bits per heavy atom. The molecule has 28 heavy (non-hydrogen) atoms. The summed E-state index contributed by atoms with van der Waals surface area (Å²) in [6, 6.07) is 6.74. The van der Waals surface area contributed by atoms with Crippen molar-refractivity contribution in [3.05, 3.63) is 47.5 Å². The van der Waals surface area contributed by atoms with Crippen LogP contribution in [0.25, 0.3) is 10.9 Å². The lowest BCUT2D eigenvalue weighted by atomic mass is 10.1. The highest BCUT2D eigenvalue weighted by atomic mass is 19.4. The summed E-state index contributed by atoms with van der Waals surface area (Å²) >= 11 is 0. The number of aryl methyl sites for hydroxylation is 1. The van der Waals surface area contributed by atoms with Crippen molar-refractivity contribution in [2.75, 3.05) is 19.5 Å². The van der Waals surface area contributed by atoms with Crippen LogP contribution in [0.15, 0.2) is 30.3 Å². The number of hydrogen-bond acceptors (Lipinski definition) is 6. The molecule has 1 N–H and O–H groups in total. The van der Waals surface area contributed by atoms with Crippen molar-refractivity contribution in [2.24, 2.45) is 0 Å². The molecule has 3 aromatic rings. The van der Waals surface area contributed by atoms with Crippen LogP contribution >= 0.6 is 0 Å². The second-order valence-corrected chi connectivity index (χ2v) is 6.16. The molecule has 0 aliphatic rings. The van der Waals surface area contributed by atoms with E-state index in [0.717, 1.165) is 6.07 Å². The Bertz CT molecular complexity index is 1010. The molecule has 0 aliphatic heterocycles. The van der Waals surface area contributed by atoms with Gasteiger partial charge in [0, 0.05) is 11.5 Å². The second-order valence-electron chi connectivity index (χ2n) is 6.16. The Labute approximate surface area is 159 Å². The van der Waals surface area contributed by atoms with Crippen molar-refractivity contribution in [2.45, 2.75) is 26.1 Å². The largest absolute Gasteiger partial charge is 0.493 e. The average Bonchev–Trinajstić information content (AvgIpc) is 2.66. The summed E-state index contributed by atoms with van der Waals surface area (Å²) in [6.07, 6.45) is -4.50. The monoisotopic (exact) mass is 392 g/mol. The summed E-state index contributed by atoms with van der Waals surface area (Å²) in [5.74, 6) is 1.99. The van der Waals surface area contributed by atoms with E-state index < -0.39 is 17.9 Å². The molecule has 9 heteroatoms. The predicted octanol–water partition coefficient (Wildman–Crippen LogP) is 4.54. The quantitative estimate of drug-likeness (QED) is 0.687. The molecule has 1 aromatic carbocycles. The standard InChI is InChI=1S/C19H19F3N4O2/c1-10(13-6-5-7-17(26-13)19(20,21)22)23-18-12-8-15(27-3)16(28-4)9-14(12)24-11(2)25-18/h5-10H,1-4H3,(H,23,24,25)/t10-/m1/s1. The Morgan fingerprint density at radius 3 is 2.32 bits per heavy atom. The first-order chi connectivity index (χ1) is 13.2. The molecular weight excluding hydrogens is 373 g/mol. The molecular formula is C19H19F3N4O2. The van der Waals surface area contributed by atoms with Gasteiger partial charge in [-0.1, -0.05) is 6.07 Å². The maximum atomic E-state index is 12.9. The predicted molar refractivity (Wildman–Crippen MR) is 98.7 cm³/mol. The molecule has 0 saturated carbocycles. The third-order valence-corrected chi connectivity index (χ3v) is 4.17. The first-order valence-corrected chi connectivity index (χ1v) is 8.44. The number of methoxy groups -OCH3 is 2. The Morgan fingerprint density at radius 1 is 1.00 bits per heavy atom. The topological polar surface area (TPSA) is 69.2 Å². The average molecular weight is 392 g/mol. The molecule has 3 rings (SSSR count). The summed E-state index contributed by atoms with van der Waals surface area (Å²) in [7, 11) is 3.04. The SMILES string of the molecule is COc1cc2nc(C)nc(N[C@H](C)c3cccc(C(F)(F)F)n3)c2cc1OC. The van der Waals surface area contributed by atoms with Crippen molar-refractivity contribution in [3.63, 3.8) is 0 Å². The number of hydrogen-bond donors (Lipinski definition) is 1. The van der Waals surface area contributed by atoms with Crippen molar-refractivity contribution in [1.82, 2.24) is 15.0 Å². The van der Waals surface area contributed by atoms with Gasteiger partial charge in [-0.3, -0.25) is 0 Å². The fraction of sp³-hybridized carbons (Fsp3) is 0.316. The normalized spacial score (nSPS) is 12.7. The summed E-state index contributed by atoms with van der Waals surface area (Å²) in [4.78, 5) is 12.5. The van der Waals surface area contributed by atoms with E-state index in [1.807, 2.05) is 0 Å². The van der Waals surface area contributed by atoms with Crippen LogP contribution < -0.4 is 14.8 Å². The zero-order chi connectivity index (χ0) is 20.5. The maximum absolute atomic E-state index is 12.9. The minimum atomic E-state index is -4.50. The summed E-state index contributed by atoms with van der Waals surface area (Å²) < 4.78 is 49.5. The number of alkyl halides is 3. The van der Waals surface area contributed by atoms with Crippen molar-refractivity contribution < 1.29 is 22.6 Å². The van der Waals surface area contributed by atoms with E-state index >= 15 is 0 Å². The molecule has 0 fully saturated rings. The highest BCUT2D eigenvalue weighted by Crippen LogP contribution is 2.35. The third-order valence-electron chi connectivity index (χ3n) is 4.17. The van der Waals surface area contributed by atoms with E-state index in [1.165, 1.54) is 26.4 Å². The van der Waals surface area contributed by atoms with Crippen LogP contribution in [0.1, 0.15) is 30.2 Å². The molecule has 2 heterocycles. The van der Waals surface area contributed by atoms with Crippen LogP contribution in [0.3, 0.4) is 0 Å². The van der Waals surface area contributed by atoms with Crippen LogP contribution in [0.2, 0.25) is 0 Å². The van der Waals surface area contributed by atoms with E-state index in [-0.39, 0.29) is 5.69 Å². The highest BCUT2D eigenvalue weighted by molar-refractivity contribution is 5.92. The first-order valence-electron chi connectivity index (χ1n) is 8.44. The highest BCUT2D eigenvalue weighted by Gasteiger charge is 2.32. The van der Waals surface area contributed by atoms with Gasteiger partial charge in [-0.05, 0) is 32.0 Å². The van der Waals surface area contributed by atoms with Gasteiger partial charge in [0.05, 0.1) is 31.5 Å². The fourth-order valence-electron chi connectivity index (χ4n) is 2.81. The fourth-order valence-corrected chi connectivity index (χ4v) is 2.81. The smallest absolute Gasteiger partial charge is 0.433 e. The van der Waals surface area contributed by atoms with Gasteiger partial charge in [-0.2, -0.15) is 13.2 Å². The molecule has 0 bridgehead atoms.